The van der Waals surface area contributed by atoms with E-state index in [-0.39, 0.29) is 10.9 Å². The molecule has 0 unspecified atom stereocenters. The summed E-state index contributed by atoms with van der Waals surface area (Å²) in [5.41, 5.74) is 5.44. The summed E-state index contributed by atoms with van der Waals surface area (Å²) < 4.78 is 34.3. The molecule has 1 aliphatic rings. The molecule has 5 nitrogen and oxygen atoms in total. The van der Waals surface area contributed by atoms with Gasteiger partial charge in [0.15, 0.2) is 0 Å². The van der Waals surface area contributed by atoms with Crippen LogP contribution in [0, 0.1) is 18.6 Å². The van der Waals surface area contributed by atoms with Crippen molar-refractivity contribution in [3.8, 4) is 11.4 Å². The van der Waals surface area contributed by atoms with Gasteiger partial charge in [0.1, 0.15) is 11.6 Å². The largest absolute Gasteiger partial charge is 0.377 e. The lowest BCUT2D eigenvalue weighted by Gasteiger charge is -2.18. The zero-order valence-corrected chi connectivity index (χ0v) is 17.4. The Hall–Kier alpha value is -3.71. The third-order valence-electron chi connectivity index (χ3n) is 5.50. The average Bonchev–Trinajstić information content (AvgIpc) is 2.82. The maximum Gasteiger partial charge on any atom is 0.137 e. The van der Waals surface area contributed by atoms with Gasteiger partial charge in [0.25, 0.3) is 0 Å². The number of hydrogen-bond donors (Lipinski definition) is 1. The molecule has 4 aromatic rings. The van der Waals surface area contributed by atoms with Crippen LogP contribution in [0.15, 0.2) is 61.1 Å². The Balaban J connectivity index is 1.66. The van der Waals surface area contributed by atoms with E-state index in [0.29, 0.717) is 41.5 Å². The molecule has 1 N–H and O–H groups in total. The monoisotopic (exact) mass is 430 g/mol. The van der Waals surface area contributed by atoms with Crippen molar-refractivity contribution in [2.45, 2.75) is 13.3 Å². The van der Waals surface area contributed by atoms with Crippen molar-refractivity contribution in [3.63, 3.8) is 0 Å². The Bertz CT molecular complexity index is 1340. The molecule has 0 atom stereocenters. The molecule has 0 saturated carbocycles. The number of nitrogens with zero attached hydrogens (tertiary/aromatic N) is 3. The normalized spacial score (nSPS) is 13.8. The summed E-state index contributed by atoms with van der Waals surface area (Å²) >= 11 is 0. The predicted octanol–water partition coefficient (Wildman–Crippen LogP) is 5.83. The van der Waals surface area contributed by atoms with Gasteiger partial charge in [-0.15, -0.1) is 0 Å². The van der Waals surface area contributed by atoms with E-state index in [1.165, 1.54) is 6.07 Å². The van der Waals surface area contributed by atoms with Crippen LogP contribution in [-0.2, 0) is 4.74 Å². The Morgan fingerprint density at radius 2 is 2.00 bits per heavy atom. The Kier molecular flexibility index (Phi) is 5.33. The van der Waals surface area contributed by atoms with Crippen LogP contribution in [0.4, 0.5) is 20.2 Å². The second-order valence-electron chi connectivity index (χ2n) is 7.60. The maximum absolute atomic E-state index is 14.9. The Morgan fingerprint density at radius 1 is 1.09 bits per heavy atom. The van der Waals surface area contributed by atoms with Crippen molar-refractivity contribution in [2.75, 3.05) is 18.5 Å². The number of nitrogens with one attached hydrogen (secondary N) is 1. The van der Waals surface area contributed by atoms with Crippen LogP contribution in [0.1, 0.15) is 17.5 Å². The van der Waals surface area contributed by atoms with E-state index in [2.05, 4.69) is 20.3 Å². The molecule has 32 heavy (non-hydrogen) atoms. The molecule has 0 bridgehead atoms. The quantitative estimate of drug-likeness (QED) is 0.442. The van der Waals surface area contributed by atoms with E-state index in [0.717, 1.165) is 23.6 Å². The van der Waals surface area contributed by atoms with Crippen molar-refractivity contribution in [1.29, 1.82) is 0 Å². The van der Waals surface area contributed by atoms with Crippen LogP contribution in [0.5, 0.6) is 0 Å². The molecular formula is C25H20F2N4O. The fourth-order valence-electron chi connectivity index (χ4n) is 3.93. The number of aromatic nitrogens is 3. The number of anilines is 2. The van der Waals surface area contributed by atoms with E-state index in [1.54, 1.807) is 24.7 Å². The zero-order chi connectivity index (χ0) is 22.1. The molecule has 3 aromatic heterocycles. The van der Waals surface area contributed by atoms with Gasteiger partial charge in [-0.05, 0) is 42.7 Å². The van der Waals surface area contributed by atoms with Gasteiger partial charge in [0, 0.05) is 30.1 Å². The van der Waals surface area contributed by atoms with Crippen LogP contribution >= 0.6 is 0 Å². The average molecular weight is 430 g/mol. The minimum atomic E-state index is -0.681. The van der Waals surface area contributed by atoms with E-state index in [1.807, 2.05) is 31.2 Å². The van der Waals surface area contributed by atoms with Crippen molar-refractivity contribution in [3.05, 3.63) is 83.8 Å². The highest BCUT2D eigenvalue weighted by atomic mass is 19.1. The standard InChI is InChI=1S/C25H20F2N4O/c1-15-24(21-4-2-3-7-29-21)31-22-12-18(26)11-20(27)23(22)25(15)30-19-10-17(13-28-14-19)16-5-8-32-9-6-16/h2-5,7,10-14H,6,8-9H2,1H3,(H,30,31). The second kappa shape index (κ2) is 8.43. The number of pyridine rings is 3. The van der Waals surface area contributed by atoms with Gasteiger partial charge >= 0.3 is 0 Å². The van der Waals surface area contributed by atoms with E-state index >= 15 is 0 Å². The van der Waals surface area contributed by atoms with Crippen molar-refractivity contribution in [2.24, 2.45) is 0 Å². The van der Waals surface area contributed by atoms with E-state index in [9.17, 15) is 8.78 Å². The maximum atomic E-state index is 14.9. The molecule has 0 amide bonds. The number of rotatable bonds is 4. The molecule has 7 heteroatoms. The highest BCUT2D eigenvalue weighted by molar-refractivity contribution is 5.98. The molecule has 0 saturated heterocycles. The SMILES string of the molecule is Cc1c(-c2ccccn2)nc2cc(F)cc(F)c2c1Nc1cncc(C2=CCOCC2)c1. The summed E-state index contributed by atoms with van der Waals surface area (Å²) in [6, 6.07) is 9.55. The van der Waals surface area contributed by atoms with Gasteiger partial charge in [0.05, 0.1) is 53.1 Å². The highest BCUT2D eigenvalue weighted by Gasteiger charge is 2.19. The molecule has 5 rings (SSSR count). The minimum absolute atomic E-state index is 0.215. The van der Waals surface area contributed by atoms with Crippen LogP contribution in [0.3, 0.4) is 0 Å². The van der Waals surface area contributed by atoms with Crippen LogP contribution in [0.2, 0.25) is 0 Å². The molecule has 4 heterocycles. The van der Waals surface area contributed by atoms with E-state index < -0.39 is 11.6 Å². The Labute approximate surface area is 183 Å². The fourth-order valence-corrected chi connectivity index (χ4v) is 3.93. The molecule has 1 aromatic carbocycles. The van der Waals surface area contributed by atoms with E-state index in [4.69, 9.17) is 4.74 Å². The van der Waals surface area contributed by atoms with Gasteiger partial charge in [-0.25, -0.2) is 13.8 Å². The van der Waals surface area contributed by atoms with Crippen LogP contribution in [0.25, 0.3) is 27.9 Å². The van der Waals surface area contributed by atoms with Gasteiger partial charge in [-0.1, -0.05) is 12.1 Å². The number of ether oxygens (including phenoxy) is 1. The molecule has 1 aliphatic heterocycles. The van der Waals surface area contributed by atoms with Gasteiger partial charge in [0.2, 0.25) is 0 Å². The number of fused-ring (bicyclic) bond motifs is 1. The first-order valence-corrected chi connectivity index (χ1v) is 10.3. The molecular weight excluding hydrogens is 410 g/mol. The fraction of sp³-hybridized carbons (Fsp3) is 0.160. The van der Waals surface area contributed by atoms with Crippen molar-refractivity contribution in [1.82, 2.24) is 15.0 Å². The first-order valence-electron chi connectivity index (χ1n) is 10.3. The first-order chi connectivity index (χ1) is 15.6. The lowest BCUT2D eigenvalue weighted by Crippen LogP contribution is -2.05. The highest BCUT2D eigenvalue weighted by Crippen LogP contribution is 2.36. The summed E-state index contributed by atoms with van der Waals surface area (Å²) in [7, 11) is 0. The van der Waals surface area contributed by atoms with Gasteiger partial charge in [-0.2, -0.15) is 0 Å². The third kappa shape index (κ3) is 3.83. The molecule has 0 radical (unpaired) electrons. The second-order valence-corrected chi connectivity index (χ2v) is 7.60. The topological polar surface area (TPSA) is 59.9 Å². The predicted molar refractivity (Wildman–Crippen MR) is 121 cm³/mol. The molecule has 0 spiro atoms. The summed E-state index contributed by atoms with van der Waals surface area (Å²) in [5, 5.41) is 3.54. The smallest absolute Gasteiger partial charge is 0.137 e. The lowest BCUT2D eigenvalue weighted by molar-refractivity contribution is 0.161. The molecule has 160 valence electrons. The van der Waals surface area contributed by atoms with Crippen molar-refractivity contribution < 1.29 is 13.5 Å². The summed E-state index contributed by atoms with van der Waals surface area (Å²) in [6.45, 7) is 3.09. The summed E-state index contributed by atoms with van der Waals surface area (Å²) in [5.74, 6) is -1.36. The zero-order valence-electron chi connectivity index (χ0n) is 17.4. The first kappa shape index (κ1) is 20.2. The number of halogens is 2. The minimum Gasteiger partial charge on any atom is -0.377 e. The number of benzene rings is 1. The Morgan fingerprint density at radius 3 is 2.78 bits per heavy atom. The van der Waals surface area contributed by atoms with Gasteiger partial charge < -0.3 is 10.1 Å². The number of hydrogen-bond acceptors (Lipinski definition) is 5. The van der Waals surface area contributed by atoms with Gasteiger partial charge in [-0.3, -0.25) is 9.97 Å². The summed E-state index contributed by atoms with van der Waals surface area (Å²) in [6.07, 6.45) is 7.99. The lowest BCUT2D eigenvalue weighted by atomic mass is 10.0. The molecule has 0 fully saturated rings. The third-order valence-corrected chi connectivity index (χ3v) is 5.50. The molecule has 0 aliphatic carbocycles. The summed E-state index contributed by atoms with van der Waals surface area (Å²) in [4.78, 5) is 13.3. The van der Waals surface area contributed by atoms with Crippen LogP contribution < -0.4 is 5.32 Å². The van der Waals surface area contributed by atoms with Crippen LogP contribution in [-0.4, -0.2) is 28.2 Å². The van der Waals surface area contributed by atoms with Crippen molar-refractivity contribution >= 4 is 27.9 Å².